The highest BCUT2D eigenvalue weighted by molar-refractivity contribution is 8.13. The average Bonchev–Trinajstić information content (AvgIpc) is 2.71. The van der Waals surface area contributed by atoms with E-state index in [1.165, 1.54) is 0 Å². The van der Waals surface area contributed by atoms with E-state index in [2.05, 4.69) is 46.6 Å². The second kappa shape index (κ2) is 9.34. The van der Waals surface area contributed by atoms with E-state index < -0.39 is 0 Å². The van der Waals surface area contributed by atoms with Gasteiger partial charge in [-0.15, -0.1) is 0 Å². The Morgan fingerprint density at radius 3 is 2.50 bits per heavy atom. The lowest BCUT2D eigenvalue weighted by Gasteiger charge is -2.23. The average molecular weight is 392 g/mol. The Morgan fingerprint density at radius 1 is 1.14 bits per heavy atom. The maximum absolute atomic E-state index is 8.74. The molecular weight excluding hydrogens is 366 g/mol. The molecule has 1 atom stereocenters. The second-order valence-electron chi connectivity index (χ2n) is 6.80. The maximum Gasteiger partial charge on any atom is 0.161 e. The van der Waals surface area contributed by atoms with Crippen molar-refractivity contribution in [3.8, 4) is 6.07 Å². The molecule has 0 spiro atoms. The fourth-order valence-corrected chi connectivity index (χ4v) is 3.73. The number of anilines is 2. The predicted molar refractivity (Wildman–Crippen MR) is 120 cm³/mol. The number of nitrogens with one attached hydrogen (secondary N) is 1. The number of aliphatic imine (C=N–C) groups is 1. The first-order chi connectivity index (χ1) is 13.6. The van der Waals surface area contributed by atoms with Crippen LogP contribution < -0.4 is 16.0 Å². The number of nitrogen functional groups attached to an aromatic ring is 1. The highest BCUT2D eigenvalue weighted by atomic mass is 32.2. The van der Waals surface area contributed by atoms with Crippen LogP contribution in [0.1, 0.15) is 30.0 Å². The zero-order valence-corrected chi connectivity index (χ0v) is 17.0. The van der Waals surface area contributed by atoms with Gasteiger partial charge in [0.25, 0.3) is 0 Å². The van der Waals surface area contributed by atoms with Crippen LogP contribution >= 0.6 is 11.8 Å². The molecule has 0 amide bonds. The number of nitrogens with two attached hydrogens (primary N) is 1. The Labute approximate surface area is 171 Å². The highest BCUT2D eigenvalue weighted by Crippen LogP contribution is 2.30. The summed E-state index contributed by atoms with van der Waals surface area (Å²) in [5.41, 5.74) is 11.0. The van der Waals surface area contributed by atoms with Crippen molar-refractivity contribution >= 4 is 34.0 Å². The van der Waals surface area contributed by atoms with E-state index in [-0.39, 0.29) is 6.04 Å². The van der Waals surface area contributed by atoms with E-state index in [1.54, 1.807) is 11.8 Å². The number of amidine groups is 1. The van der Waals surface area contributed by atoms with Crippen molar-refractivity contribution < 1.29 is 0 Å². The molecule has 0 radical (unpaired) electrons. The maximum atomic E-state index is 8.74. The molecule has 144 valence electrons. The highest BCUT2D eigenvalue weighted by Gasteiger charge is 2.18. The third kappa shape index (κ3) is 5.08. The number of benzene rings is 2. The summed E-state index contributed by atoms with van der Waals surface area (Å²) in [5.74, 6) is 0.862. The van der Waals surface area contributed by atoms with E-state index in [4.69, 9.17) is 16.0 Å². The zero-order valence-electron chi connectivity index (χ0n) is 16.2. The van der Waals surface area contributed by atoms with Crippen molar-refractivity contribution in [2.24, 2.45) is 4.99 Å². The van der Waals surface area contributed by atoms with Gasteiger partial charge in [-0.3, -0.25) is 0 Å². The van der Waals surface area contributed by atoms with E-state index in [0.29, 0.717) is 6.42 Å². The topological polar surface area (TPSA) is 77.4 Å². The molecule has 1 heterocycles. The van der Waals surface area contributed by atoms with Crippen LogP contribution in [0.3, 0.4) is 0 Å². The summed E-state index contributed by atoms with van der Waals surface area (Å²) in [6, 6.07) is 18.5. The smallest absolute Gasteiger partial charge is 0.161 e. The van der Waals surface area contributed by atoms with Crippen molar-refractivity contribution in [2.45, 2.75) is 18.9 Å². The van der Waals surface area contributed by atoms with Gasteiger partial charge in [0.2, 0.25) is 0 Å². The largest absolute Gasteiger partial charge is 0.399 e. The van der Waals surface area contributed by atoms with Crippen LogP contribution in [0.25, 0.3) is 5.70 Å². The molecule has 2 aromatic rings. The van der Waals surface area contributed by atoms with Gasteiger partial charge in [0.05, 0.1) is 12.1 Å². The standard InChI is InChI=1S/C22H25N5S/c1-27(2)19-11-7-17(8-12-19)21-15-20(16-5-9-18(24)10-6-16)25-22(26-21)28-14-4-3-13-23/h5-12,15,21H,3-4,14,24H2,1-2H3,(H,25,26). The number of hydrogen-bond acceptors (Lipinski definition) is 6. The number of rotatable bonds is 6. The first-order valence-electron chi connectivity index (χ1n) is 9.26. The Morgan fingerprint density at radius 2 is 1.86 bits per heavy atom. The Hall–Kier alpha value is -2.91. The molecule has 1 unspecified atom stereocenters. The molecule has 0 aliphatic carbocycles. The Bertz CT molecular complexity index is 892. The van der Waals surface area contributed by atoms with Gasteiger partial charge in [0.15, 0.2) is 5.17 Å². The van der Waals surface area contributed by atoms with Crippen LogP contribution in [0.15, 0.2) is 59.6 Å². The van der Waals surface area contributed by atoms with Gasteiger partial charge in [0.1, 0.15) is 0 Å². The van der Waals surface area contributed by atoms with Gasteiger partial charge < -0.3 is 16.0 Å². The first kappa shape index (κ1) is 19.8. The second-order valence-corrected chi connectivity index (χ2v) is 7.89. The van der Waals surface area contributed by atoms with E-state index in [1.807, 2.05) is 38.4 Å². The van der Waals surface area contributed by atoms with Gasteiger partial charge in [-0.2, -0.15) is 5.26 Å². The van der Waals surface area contributed by atoms with Crippen LogP contribution in [0.5, 0.6) is 0 Å². The summed E-state index contributed by atoms with van der Waals surface area (Å²) in [7, 11) is 4.07. The Kier molecular flexibility index (Phi) is 6.62. The van der Waals surface area contributed by atoms with Crippen molar-refractivity contribution in [3.05, 3.63) is 65.7 Å². The molecule has 0 bridgehead atoms. The van der Waals surface area contributed by atoms with Gasteiger partial charge in [0, 0.05) is 43.3 Å². The van der Waals surface area contributed by atoms with Crippen molar-refractivity contribution in [2.75, 3.05) is 30.5 Å². The van der Waals surface area contributed by atoms with Crippen molar-refractivity contribution in [3.63, 3.8) is 0 Å². The van der Waals surface area contributed by atoms with Gasteiger partial charge >= 0.3 is 0 Å². The summed E-state index contributed by atoms with van der Waals surface area (Å²) in [5, 5.41) is 13.1. The van der Waals surface area contributed by atoms with Crippen LogP contribution in [0.4, 0.5) is 11.4 Å². The quantitative estimate of drug-likeness (QED) is 0.563. The zero-order chi connectivity index (χ0) is 19.9. The van der Waals surface area contributed by atoms with E-state index in [9.17, 15) is 0 Å². The molecular formula is C22H25N5S. The molecule has 0 aromatic heterocycles. The number of thioether (sulfide) groups is 1. The molecule has 0 fully saturated rings. The third-order valence-electron chi connectivity index (χ3n) is 4.47. The molecule has 3 rings (SSSR count). The number of nitrogens with zero attached hydrogens (tertiary/aromatic N) is 3. The molecule has 2 aromatic carbocycles. The molecule has 1 aliphatic heterocycles. The molecule has 3 N–H and O–H groups in total. The van der Waals surface area contributed by atoms with Crippen molar-refractivity contribution in [1.82, 2.24) is 5.32 Å². The summed E-state index contributed by atoms with van der Waals surface area (Å²) < 4.78 is 0. The lowest BCUT2D eigenvalue weighted by molar-refractivity contribution is 0.887. The van der Waals surface area contributed by atoms with Crippen molar-refractivity contribution in [1.29, 1.82) is 5.26 Å². The van der Waals surface area contributed by atoms with Crippen LogP contribution in [-0.4, -0.2) is 25.0 Å². The van der Waals surface area contributed by atoms with Gasteiger partial charge in [-0.1, -0.05) is 36.0 Å². The lowest BCUT2D eigenvalue weighted by atomic mass is 10.0. The fourth-order valence-electron chi connectivity index (χ4n) is 2.88. The summed E-state index contributed by atoms with van der Waals surface area (Å²) >= 11 is 1.66. The fraction of sp³-hybridized carbons (Fsp3) is 0.273. The van der Waals surface area contributed by atoms with Crippen LogP contribution in [0, 0.1) is 11.3 Å². The first-order valence-corrected chi connectivity index (χ1v) is 10.2. The van der Waals surface area contributed by atoms with Gasteiger partial charge in [-0.25, -0.2) is 4.99 Å². The summed E-state index contributed by atoms with van der Waals surface area (Å²) in [4.78, 5) is 6.97. The minimum Gasteiger partial charge on any atom is -0.399 e. The molecule has 0 saturated heterocycles. The molecule has 0 saturated carbocycles. The predicted octanol–water partition coefficient (Wildman–Crippen LogP) is 4.41. The normalized spacial score (nSPS) is 15.8. The molecule has 1 aliphatic rings. The van der Waals surface area contributed by atoms with Crippen LogP contribution in [0.2, 0.25) is 0 Å². The molecule has 5 nitrogen and oxygen atoms in total. The minimum absolute atomic E-state index is 0.0523. The summed E-state index contributed by atoms with van der Waals surface area (Å²) in [6.07, 6.45) is 3.57. The number of nitriles is 1. The monoisotopic (exact) mass is 391 g/mol. The van der Waals surface area contributed by atoms with E-state index in [0.717, 1.165) is 45.5 Å². The Balaban J connectivity index is 1.86. The summed E-state index contributed by atoms with van der Waals surface area (Å²) in [6.45, 7) is 0. The molecule has 6 heteroatoms. The number of unbranched alkanes of at least 4 members (excludes halogenated alkanes) is 1. The minimum atomic E-state index is -0.0523. The van der Waals surface area contributed by atoms with E-state index >= 15 is 0 Å². The van der Waals surface area contributed by atoms with Gasteiger partial charge in [-0.05, 0) is 47.9 Å². The third-order valence-corrected chi connectivity index (χ3v) is 5.44. The van der Waals surface area contributed by atoms with Crippen LogP contribution in [-0.2, 0) is 0 Å². The number of hydrogen-bond donors (Lipinski definition) is 2. The SMILES string of the molecule is CN(C)c1ccc(C2C=C(c3ccc(N)cc3)NC(SCCCC#N)=N2)cc1. The molecule has 28 heavy (non-hydrogen) atoms. The lowest BCUT2D eigenvalue weighted by Crippen LogP contribution is -2.24.